The molecule has 2 rings (SSSR count). The van der Waals surface area contributed by atoms with Gasteiger partial charge in [0.05, 0.1) is 11.5 Å². The van der Waals surface area contributed by atoms with Crippen LogP contribution in [0.1, 0.15) is 63.9 Å². The number of nitrogens with two attached hydrogens (primary N) is 1. The molecule has 0 saturated heterocycles. The highest BCUT2D eigenvalue weighted by atomic mass is 16.5. The average Bonchev–Trinajstić information content (AvgIpc) is 2.99. The zero-order valence-corrected chi connectivity index (χ0v) is 13.3. The molecule has 0 spiro atoms. The Balaban J connectivity index is 2.45. The van der Waals surface area contributed by atoms with Gasteiger partial charge in [-0.2, -0.15) is 4.98 Å². The van der Waals surface area contributed by atoms with Gasteiger partial charge >= 0.3 is 0 Å². The van der Waals surface area contributed by atoms with Crippen LogP contribution in [0, 0.1) is 5.92 Å². The Labute approximate surface area is 126 Å². The van der Waals surface area contributed by atoms with Gasteiger partial charge in [-0.1, -0.05) is 63.2 Å². The lowest BCUT2D eigenvalue weighted by molar-refractivity contribution is 0.315. The molecule has 0 saturated carbocycles. The first-order chi connectivity index (χ1) is 10.0. The van der Waals surface area contributed by atoms with Crippen LogP contribution in [-0.4, -0.2) is 10.1 Å². The van der Waals surface area contributed by atoms with E-state index in [2.05, 4.69) is 62.1 Å². The van der Waals surface area contributed by atoms with E-state index in [1.165, 1.54) is 5.56 Å². The minimum atomic E-state index is -0.214. The van der Waals surface area contributed by atoms with Gasteiger partial charge in [0.25, 0.3) is 0 Å². The highest BCUT2D eigenvalue weighted by Gasteiger charge is 2.36. The third-order valence-electron chi connectivity index (χ3n) is 4.41. The fraction of sp³-hybridized carbons (Fsp3) is 0.529. The second-order valence-electron chi connectivity index (χ2n) is 5.88. The summed E-state index contributed by atoms with van der Waals surface area (Å²) in [7, 11) is 0. The predicted molar refractivity (Wildman–Crippen MR) is 83.9 cm³/mol. The quantitative estimate of drug-likeness (QED) is 0.877. The van der Waals surface area contributed by atoms with Gasteiger partial charge in [-0.3, -0.25) is 0 Å². The molecule has 0 bridgehead atoms. The van der Waals surface area contributed by atoms with Gasteiger partial charge in [-0.25, -0.2) is 0 Å². The highest BCUT2D eigenvalue weighted by Crippen LogP contribution is 2.37. The number of benzene rings is 1. The maximum atomic E-state index is 6.12. The van der Waals surface area contributed by atoms with E-state index in [1.54, 1.807) is 0 Å². The molecule has 4 heteroatoms. The average molecular weight is 287 g/mol. The van der Waals surface area contributed by atoms with Gasteiger partial charge < -0.3 is 10.3 Å². The molecular formula is C17H25N3O. The second kappa shape index (κ2) is 6.39. The van der Waals surface area contributed by atoms with Crippen LogP contribution < -0.4 is 5.73 Å². The summed E-state index contributed by atoms with van der Waals surface area (Å²) in [6, 6.07) is 10.2. The van der Waals surface area contributed by atoms with E-state index < -0.39 is 0 Å². The summed E-state index contributed by atoms with van der Waals surface area (Å²) in [6.45, 7) is 8.43. The molecule has 1 aromatic heterocycles. The third kappa shape index (κ3) is 2.86. The summed E-state index contributed by atoms with van der Waals surface area (Å²) in [5.41, 5.74) is 7.13. The molecule has 0 aliphatic heterocycles. The summed E-state index contributed by atoms with van der Waals surface area (Å²) in [4.78, 5) is 4.62. The van der Waals surface area contributed by atoms with Crippen molar-refractivity contribution >= 4 is 0 Å². The van der Waals surface area contributed by atoms with Gasteiger partial charge in [-0.15, -0.1) is 0 Å². The number of nitrogens with zero attached hydrogens (tertiary/aromatic N) is 2. The van der Waals surface area contributed by atoms with Crippen molar-refractivity contribution < 1.29 is 4.52 Å². The summed E-state index contributed by atoms with van der Waals surface area (Å²) in [5, 5.41) is 4.24. The van der Waals surface area contributed by atoms with E-state index in [0.717, 1.165) is 18.7 Å². The van der Waals surface area contributed by atoms with E-state index in [0.29, 0.717) is 5.89 Å². The molecule has 21 heavy (non-hydrogen) atoms. The molecule has 4 nitrogen and oxygen atoms in total. The van der Waals surface area contributed by atoms with Crippen LogP contribution in [0.4, 0.5) is 0 Å². The summed E-state index contributed by atoms with van der Waals surface area (Å²) in [6.07, 6.45) is 1.84. The van der Waals surface area contributed by atoms with Crippen molar-refractivity contribution in [1.29, 1.82) is 0 Å². The summed E-state index contributed by atoms with van der Waals surface area (Å²) < 4.78 is 5.43. The van der Waals surface area contributed by atoms with Gasteiger partial charge in [0.1, 0.15) is 0 Å². The van der Waals surface area contributed by atoms with E-state index in [-0.39, 0.29) is 17.4 Å². The zero-order valence-electron chi connectivity index (χ0n) is 13.3. The van der Waals surface area contributed by atoms with Crippen molar-refractivity contribution in [1.82, 2.24) is 10.1 Å². The normalized spacial score (nSPS) is 13.6. The standard InChI is InChI=1S/C17H25N3O/c1-5-17(6-2,13-10-8-7-9-11-13)16-19-15(21-20-16)14(18)12(3)4/h7-12,14H,5-6,18H2,1-4H3/t14-/m0/s1. The van der Waals surface area contributed by atoms with Crippen molar-refractivity contribution in [2.45, 2.75) is 52.0 Å². The lowest BCUT2D eigenvalue weighted by Crippen LogP contribution is -2.28. The lowest BCUT2D eigenvalue weighted by atomic mass is 9.75. The molecule has 0 fully saturated rings. The Morgan fingerprint density at radius 3 is 2.29 bits per heavy atom. The molecule has 0 radical (unpaired) electrons. The molecule has 1 aromatic carbocycles. The molecule has 114 valence electrons. The zero-order chi connectivity index (χ0) is 15.5. The largest absolute Gasteiger partial charge is 0.338 e. The maximum Gasteiger partial charge on any atom is 0.243 e. The molecule has 0 amide bonds. The minimum absolute atomic E-state index is 0.209. The molecule has 0 aliphatic carbocycles. The monoisotopic (exact) mass is 287 g/mol. The Hall–Kier alpha value is -1.68. The Kier molecular flexibility index (Phi) is 4.78. The van der Waals surface area contributed by atoms with Crippen molar-refractivity contribution in [2.24, 2.45) is 11.7 Å². The Bertz CT molecular complexity index is 558. The molecule has 1 atom stereocenters. The molecule has 1 heterocycles. The SMILES string of the molecule is CCC(CC)(c1ccccc1)c1noc([C@@H](N)C(C)C)n1. The maximum absolute atomic E-state index is 6.12. The molecular weight excluding hydrogens is 262 g/mol. The van der Waals surface area contributed by atoms with Gasteiger partial charge in [0.15, 0.2) is 5.82 Å². The summed E-state index contributed by atoms with van der Waals surface area (Å²) in [5.74, 6) is 1.54. The van der Waals surface area contributed by atoms with Crippen LogP contribution >= 0.6 is 0 Å². The number of rotatable bonds is 6. The fourth-order valence-electron chi connectivity index (χ4n) is 2.71. The van der Waals surface area contributed by atoms with Crippen LogP contribution in [0.25, 0.3) is 0 Å². The predicted octanol–water partition coefficient (Wildman–Crippen LogP) is 3.83. The second-order valence-corrected chi connectivity index (χ2v) is 5.88. The van der Waals surface area contributed by atoms with E-state index in [4.69, 9.17) is 10.3 Å². The van der Waals surface area contributed by atoms with Crippen LogP contribution in [0.15, 0.2) is 34.9 Å². The Morgan fingerprint density at radius 1 is 1.14 bits per heavy atom. The topological polar surface area (TPSA) is 64.9 Å². The van der Waals surface area contributed by atoms with Crippen molar-refractivity contribution in [3.05, 3.63) is 47.6 Å². The first kappa shape index (κ1) is 15.7. The molecule has 2 N–H and O–H groups in total. The first-order valence-electron chi connectivity index (χ1n) is 7.70. The number of aromatic nitrogens is 2. The Morgan fingerprint density at radius 2 is 1.76 bits per heavy atom. The smallest absolute Gasteiger partial charge is 0.243 e. The van der Waals surface area contributed by atoms with Crippen molar-refractivity contribution in [3.63, 3.8) is 0 Å². The van der Waals surface area contributed by atoms with E-state index in [9.17, 15) is 0 Å². The highest BCUT2D eigenvalue weighted by molar-refractivity contribution is 5.32. The minimum Gasteiger partial charge on any atom is -0.338 e. The molecule has 2 aromatic rings. The molecule has 0 aliphatic rings. The van der Waals surface area contributed by atoms with E-state index >= 15 is 0 Å². The number of hydrogen-bond donors (Lipinski definition) is 1. The molecule has 0 unspecified atom stereocenters. The van der Waals surface area contributed by atoms with Crippen LogP contribution in [0.2, 0.25) is 0 Å². The number of hydrogen-bond acceptors (Lipinski definition) is 4. The van der Waals surface area contributed by atoms with Crippen LogP contribution in [-0.2, 0) is 5.41 Å². The van der Waals surface area contributed by atoms with Crippen LogP contribution in [0.5, 0.6) is 0 Å². The van der Waals surface area contributed by atoms with Crippen molar-refractivity contribution in [2.75, 3.05) is 0 Å². The van der Waals surface area contributed by atoms with Crippen molar-refractivity contribution in [3.8, 4) is 0 Å². The lowest BCUT2D eigenvalue weighted by Gasteiger charge is -2.28. The van der Waals surface area contributed by atoms with Gasteiger partial charge in [-0.05, 0) is 24.3 Å². The van der Waals surface area contributed by atoms with Gasteiger partial charge in [0, 0.05) is 0 Å². The van der Waals surface area contributed by atoms with E-state index in [1.807, 2.05) is 6.07 Å². The van der Waals surface area contributed by atoms with Gasteiger partial charge in [0.2, 0.25) is 5.89 Å². The summed E-state index contributed by atoms with van der Waals surface area (Å²) >= 11 is 0. The third-order valence-corrected chi connectivity index (χ3v) is 4.41. The first-order valence-corrected chi connectivity index (χ1v) is 7.70. The van der Waals surface area contributed by atoms with Crippen LogP contribution in [0.3, 0.4) is 0 Å². The fourth-order valence-corrected chi connectivity index (χ4v) is 2.71.